The number of carbonyl (C=O) groups excluding carboxylic acids is 1. The maximum absolute atomic E-state index is 13.2. The van der Waals surface area contributed by atoms with Crippen LogP contribution in [0.15, 0.2) is 30.5 Å². The Labute approximate surface area is 169 Å². The first kappa shape index (κ1) is 19.9. The van der Waals surface area contributed by atoms with Crippen molar-refractivity contribution in [2.75, 3.05) is 23.9 Å². The summed E-state index contributed by atoms with van der Waals surface area (Å²) in [4.78, 5) is 19.4. The fourth-order valence-electron chi connectivity index (χ4n) is 3.36. The van der Waals surface area contributed by atoms with Crippen LogP contribution in [0.1, 0.15) is 27.2 Å². The molecule has 1 aliphatic rings. The second kappa shape index (κ2) is 7.66. The summed E-state index contributed by atoms with van der Waals surface area (Å²) in [6.45, 7) is 6.20. The zero-order chi connectivity index (χ0) is 19.8. The summed E-state index contributed by atoms with van der Waals surface area (Å²) in [6, 6.07) is 7.17. The van der Waals surface area contributed by atoms with Gasteiger partial charge in [-0.05, 0) is 38.5 Å². The van der Waals surface area contributed by atoms with Crippen LogP contribution in [0.2, 0.25) is 10.0 Å². The molecule has 144 valence electrons. The monoisotopic (exact) mass is 407 g/mol. The Hall–Kier alpha value is -1.82. The zero-order valence-electron chi connectivity index (χ0n) is 15.8. The van der Waals surface area contributed by atoms with Gasteiger partial charge in [0.15, 0.2) is 5.82 Å². The molecule has 7 heteroatoms. The topological polar surface area (TPSA) is 54.5 Å². The largest absolute Gasteiger partial charge is 0.383 e. The minimum atomic E-state index is -0.787. The van der Waals surface area contributed by atoms with Crippen molar-refractivity contribution in [3.8, 4) is 11.1 Å². The lowest BCUT2D eigenvalue weighted by molar-refractivity contribution is -0.123. The smallest absolute Gasteiger partial charge is 0.253 e. The molecule has 0 bridgehead atoms. The average molecular weight is 408 g/mol. The second-order valence-corrected chi connectivity index (χ2v) is 7.97. The summed E-state index contributed by atoms with van der Waals surface area (Å²) in [5, 5.41) is 4.48. The third-order valence-electron chi connectivity index (χ3n) is 4.77. The third kappa shape index (κ3) is 3.64. The lowest BCUT2D eigenvalue weighted by Crippen LogP contribution is -2.58. The number of ether oxygens (including phenoxy) is 1. The first-order valence-electron chi connectivity index (χ1n) is 8.85. The van der Waals surface area contributed by atoms with Gasteiger partial charge in [-0.1, -0.05) is 36.2 Å². The van der Waals surface area contributed by atoms with E-state index in [1.807, 2.05) is 32.9 Å². The van der Waals surface area contributed by atoms with Crippen LogP contribution in [-0.4, -0.2) is 36.2 Å². The van der Waals surface area contributed by atoms with Gasteiger partial charge >= 0.3 is 0 Å². The van der Waals surface area contributed by atoms with Crippen molar-refractivity contribution in [2.45, 2.75) is 38.8 Å². The van der Waals surface area contributed by atoms with Crippen molar-refractivity contribution in [1.29, 1.82) is 0 Å². The molecule has 1 atom stereocenters. The van der Waals surface area contributed by atoms with Gasteiger partial charge < -0.3 is 10.1 Å². The van der Waals surface area contributed by atoms with Gasteiger partial charge in [0.05, 0.1) is 18.3 Å². The molecule has 27 heavy (non-hydrogen) atoms. The van der Waals surface area contributed by atoms with Gasteiger partial charge in [-0.3, -0.25) is 9.69 Å². The Bertz CT molecular complexity index is 870. The van der Waals surface area contributed by atoms with Gasteiger partial charge in [0, 0.05) is 34.5 Å². The maximum atomic E-state index is 13.2. The van der Waals surface area contributed by atoms with E-state index < -0.39 is 5.54 Å². The number of nitrogens with one attached hydrogen (secondary N) is 1. The Morgan fingerprint density at radius 3 is 2.63 bits per heavy atom. The highest BCUT2D eigenvalue weighted by molar-refractivity contribution is 6.36. The predicted octanol–water partition coefficient (Wildman–Crippen LogP) is 5.02. The van der Waals surface area contributed by atoms with Crippen LogP contribution in [0.4, 0.5) is 11.5 Å². The Morgan fingerprint density at radius 2 is 2.00 bits per heavy atom. The highest BCUT2D eigenvalue weighted by Crippen LogP contribution is 2.43. The van der Waals surface area contributed by atoms with Crippen LogP contribution in [0, 0.1) is 0 Å². The number of fused-ring (bicyclic) bond motifs is 1. The van der Waals surface area contributed by atoms with E-state index in [0.717, 1.165) is 23.2 Å². The number of methoxy groups -OCH3 is 1. The molecule has 0 fully saturated rings. The third-order valence-corrected chi connectivity index (χ3v) is 5.31. The molecule has 2 heterocycles. The maximum Gasteiger partial charge on any atom is 0.253 e. The minimum Gasteiger partial charge on any atom is -0.383 e. The normalized spacial score (nSPS) is 16.7. The highest BCUT2D eigenvalue weighted by Gasteiger charge is 2.43. The summed E-state index contributed by atoms with van der Waals surface area (Å²) in [5.74, 6) is 0.553. The van der Waals surface area contributed by atoms with E-state index in [1.165, 1.54) is 0 Å². The van der Waals surface area contributed by atoms with E-state index in [0.29, 0.717) is 22.5 Å². The molecular weight excluding hydrogens is 385 g/mol. The molecule has 1 N–H and O–H groups in total. The Morgan fingerprint density at radius 1 is 1.26 bits per heavy atom. The number of pyridine rings is 1. The lowest BCUT2D eigenvalue weighted by Gasteiger charge is -2.43. The molecule has 1 amide bonds. The highest BCUT2D eigenvalue weighted by atomic mass is 35.5. The van der Waals surface area contributed by atoms with Crippen molar-refractivity contribution in [3.05, 3.63) is 40.5 Å². The van der Waals surface area contributed by atoms with E-state index in [1.54, 1.807) is 30.3 Å². The van der Waals surface area contributed by atoms with Gasteiger partial charge in [-0.2, -0.15) is 0 Å². The summed E-state index contributed by atoms with van der Waals surface area (Å²) >= 11 is 12.5. The number of nitrogens with zero attached hydrogens (tertiary/aromatic N) is 2. The summed E-state index contributed by atoms with van der Waals surface area (Å²) in [6.07, 6.45) is 2.45. The van der Waals surface area contributed by atoms with E-state index in [9.17, 15) is 4.79 Å². The van der Waals surface area contributed by atoms with Crippen molar-refractivity contribution in [1.82, 2.24) is 4.98 Å². The van der Waals surface area contributed by atoms with Gasteiger partial charge in [0.1, 0.15) is 5.54 Å². The number of anilines is 2. The van der Waals surface area contributed by atoms with Gasteiger partial charge in [-0.25, -0.2) is 4.98 Å². The second-order valence-electron chi connectivity index (χ2n) is 7.12. The average Bonchev–Trinajstić information content (AvgIpc) is 2.61. The number of hydrogen-bond acceptors (Lipinski definition) is 4. The SMILES string of the molecule is CC[C@@H](COC)N1C(=O)C(C)(C)Nc2c(-c3ccc(Cl)cc3Cl)ccnc21. The summed E-state index contributed by atoms with van der Waals surface area (Å²) in [5.41, 5.74) is 1.70. The van der Waals surface area contributed by atoms with Crippen molar-refractivity contribution in [2.24, 2.45) is 0 Å². The van der Waals surface area contributed by atoms with Crippen LogP contribution in [0.3, 0.4) is 0 Å². The molecular formula is C20H23Cl2N3O2. The van der Waals surface area contributed by atoms with Crippen LogP contribution < -0.4 is 10.2 Å². The van der Waals surface area contributed by atoms with E-state index in [-0.39, 0.29) is 11.9 Å². The zero-order valence-corrected chi connectivity index (χ0v) is 17.4. The van der Waals surface area contributed by atoms with E-state index in [2.05, 4.69) is 10.3 Å². The number of halogens is 2. The van der Waals surface area contributed by atoms with Gasteiger partial charge in [0.2, 0.25) is 0 Å². The number of rotatable bonds is 5. The fourth-order valence-corrected chi connectivity index (χ4v) is 3.87. The van der Waals surface area contributed by atoms with Crippen LogP contribution in [0.25, 0.3) is 11.1 Å². The molecule has 1 aromatic carbocycles. The van der Waals surface area contributed by atoms with Crippen LogP contribution >= 0.6 is 23.2 Å². The Kier molecular flexibility index (Phi) is 5.65. The van der Waals surface area contributed by atoms with E-state index >= 15 is 0 Å². The molecule has 2 aromatic rings. The van der Waals surface area contributed by atoms with Crippen molar-refractivity contribution < 1.29 is 9.53 Å². The summed E-state index contributed by atoms with van der Waals surface area (Å²) < 4.78 is 5.35. The molecule has 5 nitrogen and oxygen atoms in total. The molecule has 3 rings (SSSR count). The first-order chi connectivity index (χ1) is 12.8. The fraction of sp³-hybridized carbons (Fsp3) is 0.400. The predicted molar refractivity (Wildman–Crippen MR) is 111 cm³/mol. The quantitative estimate of drug-likeness (QED) is 0.755. The van der Waals surface area contributed by atoms with Gasteiger partial charge in [0.25, 0.3) is 5.91 Å². The number of carbonyl (C=O) groups is 1. The first-order valence-corrected chi connectivity index (χ1v) is 9.61. The molecule has 0 unspecified atom stereocenters. The number of amides is 1. The molecule has 1 aliphatic heterocycles. The Balaban J connectivity index is 2.21. The molecule has 0 saturated carbocycles. The number of hydrogen-bond donors (Lipinski definition) is 1. The lowest BCUT2D eigenvalue weighted by atomic mass is 9.94. The van der Waals surface area contributed by atoms with Crippen molar-refractivity contribution in [3.63, 3.8) is 0 Å². The molecule has 0 saturated heterocycles. The van der Waals surface area contributed by atoms with Crippen LogP contribution in [0.5, 0.6) is 0 Å². The number of aromatic nitrogens is 1. The molecule has 0 aliphatic carbocycles. The van der Waals surface area contributed by atoms with Gasteiger partial charge in [-0.15, -0.1) is 0 Å². The number of benzene rings is 1. The van der Waals surface area contributed by atoms with Crippen molar-refractivity contribution >= 4 is 40.6 Å². The molecule has 1 aromatic heterocycles. The molecule has 0 radical (unpaired) electrons. The summed E-state index contributed by atoms with van der Waals surface area (Å²) in [7, 11) is 1.64. The molecule has 0 spiro atoms. The standard InChI is InChI=1S/C20H23Cl2N3O2/c1-5-13(11-27-4)25-18-17(24-20(2,3)19(25)26)15(8-9-23-18)14-7-6-12(21)10-16(14)22/h6-10,13,24H,5,11H2,1-4H3/t13-/m0/s1. The minimum absolute atomic E-state index is 0.0363. The van der Waals surface area contributed by atoms with E-state index in [4.69, 9.17) is 27.9 Å². The van der Waals surface area contributed by atoms with Crippen LogP contribution in [-0.2, 0) is 9.53 Å².